The lowest BCUT2D eigenvalue weighted by molar-refractivity contribution is -0.117. The van der Waals surface area contributed by atoms with E-state index in [-0.39, 0.29) is 17.8 Å². The number of carbonyl (C=O) groups excluding carboxylic acids is 2. The van der Waals surface area contributed by atoms with E-state index in [9.17, 15) is 14.7 Å². The third kappa shape index (κ3) is 4.64. The van der Waals surface area contributed by atoms with E-state index in [1.165, 1.54) is 6.92 Å². The minimum Gasteiger partial charge on any atom is -0.393 e. The van der Waals surface area contributed by atoms with Crippen LogP contribution in [0.4, 0.5) is 5.69 Å². The van der Waals surface area contributed by atoms with Gasteiger partial charge in [0.05, 0.1) is 12.6 Å². The molecule has 5 heteroatoms. The number of ketones is 1. The first kappa shape index (κ1) is 16.6. The molecule has 1 aromatic carbocycles. The van der Waals surface area contributed by atoms with E-state index >= 15 is 0 Å². The fraction of sp³-hybridized carbons (Fsp3) is 0.529. The van der Waals surface area contributed by atoms with Gasteiger partial charge in [0.25, 0.3) is 0 Å². The summed E-state index contributed by atoms with van der Waals surface area (Å²) < 4.78 is 0. The van der Waals surface area contributed by atoms with Crippen LogP contribution in [0.15, 0.2) is 24.3 Å². The molecular formula is C17H24N2O3. The molecule has 1 unspecified atom stereocenters. The number of nitrogens with zero attached hydrogens (tertiary/aromatic N) is 1. The minimum absolute atomic E-state index is 0.0173. The number of amides is 1. The van der Waals surface area contributed by atoms with E-state index in [2.05, 4.69) is 10.2 Å². The Balaban J connectivity index is 1.84. The van der Waals surface area contributed by atoms with Crippen LogP contribution in [-0.2, 0) is 4.79 Å². The molecule has 0 saturated carbocycles. The summed E-state index contributed by atoms with van der Waals surface area (Å²) in [4.78, 5) is 25.5. The van der Waals surface area contributed by atoms with E-state index < -0.39 is 0 Å². The minimum atomic E-state index is -0.273. The molecule has 0 bridgehead atoms. The lowest BCUT2D eigenvalue weighted by Gasteiger charge is -2.32. The highest BCUT2D eigenvalue weighted by molar-refractivity contribution is 5.97. The van der Waals surface area contributed by atoms with Crippen LogP contribution in [-0.4, -0.2) is 47.4 Å². The molecule has 1 fully saturated rings. The second-order valence-electron chi connectivity index (χ2n) is 6.04. The molecule has 0 radical (unpaired) electrons. The normalized spacial score (nSPS) is 18.0. The van der Waals surface area contributed by atoms with Gasteiger partial charge < -0.3 is 10.4 Å². The van der Waals surface area contributed by atoms with Crippen molar-refractivity contribution in [2.45, 2.75) is 32.8 Å². The molecule has 0 spiro atoms. The number of aliphatic hydroxyl groups excluding tert-OH is 1. The number of aliphatic hydroxyl groups is 1. The van der Waals surface area contributed by atoms with Gasteiger partial charge in [-0.15, -0.1) is 0 Å². The average molecular weight is 304 g/mol. The number of rotatable bonds is 5. The van der Waals surface area contributed by atoms with Gasteiger partial charge in [0.1, 0.15) is 0 Å². The number of hydrogen-bond acceptors (Lipinski definition) is 4. The maximum Gasteiger partial charge on any atom is 0.238 e. The van der Waals surface area contributed by atoms with E-state index in [1.807, 2.05) is 6.92 Å². The summed E-state index contributed by atoms with van der Waals surface area (Å²) in [6.07, 6.45) is 1.57. The fourth-order valence-electron chi connectivity index (χ4n) is 2.81. The predicted molar refractivity (Wildman–Crippen MR) is 85.9 cm³/mol. The lowest BCUT2D eigenvalue weighted by Crippen LogP contribution is -2.41. The molecule has 1 aliphatic heterocycles. The van der Waals surface area contributed by atoms with Gasteiger partial charge in [-0.25, -0.2) is 0 Å². The van der Waals surface area contributed by atoms with Crippen LogP contribution in [0.1, 0.15) is 37.0 Å². The first-order valence-corrected chi connectivity index (χ1v) is 7.77. The lowest BCUT2D eigenvalue weighted by atomic mass is 9.92. The van der Waals surface area contributed by atoms with Gasteiger partial charge in [-0.05, 0) is 57.8 Å². The Morgan fingerprint density at radius 3 is 2.64 bits per heavy atom. The van der Waals surface area contributed by atoms with Crippen LogP contribution in [0.25, 0.3) is 0 Å². The van der Waals surface area contributed by atoms with Gasteiger partial charge in [-0.3, -0.25) is 14.5 Å². The molecule has 1 atom stereocenters. The third-order valence-electron chi connectivity index (χ3n) is 4.23. The molecule has 120 valence electrons. The summed E-state index contributed by atoms with van der Waals surface area (Å²) in [7, 11) is 0. The van der Waals surface area contributed by atoms with Crippen molar-refractivity contribution in [3.8, 4) is 0 Å². The highest BCUT2D eigenvalue weighted by Crippen LogP contribution is 2.20. The largest absolute Gasteiger partial charge is 0.393 e. The maximum absolute atomic E-state index is 12.1. The van der Waals surface area contributed by atoms with Crippen molar-refractivity contribution >= 4 is 17.4 Å². The maximum atomic E-state index is 12.1. The zero-order valence-corrected chi connectivity index (χ0v) is 13.2. The standard InChI is InChI=1S/C17H24N2O3/c1-12(20)14-6-8-19(9-7-14)11-17(22)18-16-5-3-4-15(10-16)13(2)21/h3-5,10,12,14,20H,6-9,11H2,1-2H3,(H,18,22). The van der Waals surface area contributed by atoms with Gasteiger partial charge in [0.15, 0.2) is 5.78 Å². The Hall–Kier alpha value is -1.72. The van der Waals surface area contributed by atoms with Crippen molar-refractivity contribution < 1.29 is 14.7 Å². The van der Waals surface area contributed by atoms with Crippen molar-refractivity contribution in [1.82, 2.24) is 4.90 Å². The van der Waals surface area contributed by atoms with Gasteiger partial charge in [0.2, 0.25) is 5.91 Å². The Kier molecular flexibility index (Phi) is 5.69. The molecule has 1 aromatic rings. The third-order valence-corrected chi connectivity index (χ3v) is 4.23. The van der Waals surface area contributed by atoms with Crippen molar-refractivity contribution in [2.24, 2.45) is 5.92 Å². The van der Waals surface area contributed by atoms with E-state index in [0.29, 0.717) is 23.7 Å². The van der Waals surface area contributed by atoms with Crippen LogP contribution >= 0.6 is 0 Å². The number of nitrogens with one attached hydrogen (secondary N) is 1. The summed E-state index contributed by atoms with van der Waals surface area (Å²) >= 11 is 0. The molecule has 5 nitrogen and oxygen atoms in total. The zero-order valence-electron chi connectivity index (χ0n) is 13.2. The molecule has 22 heavy (non-hydrogen) atoms. The van der Waals surface area contributed by atoms with E-state index in [0.717, 1.165) is 25.9 Å². The highest BCUT2D eigenvalue weighted by Gasteiger charge is 2.23. The topological polar surface area (TPSA) is 69.6 Å². The number of benzene rings is 1. The number of Topliss-reactive ketones (excluding diaryl/α,β-unsaturated/α-hetero) is 1. The highest BCUT2D eigenvalue weighted by atomic mass is 16.3. The van der Waals surface area contributed by atoms with Crippen LogP contribution < -0.4 is 5.32 Å². The molecule has 2 N–H and O–H groups in total. The first-order chi connectivity index (χ1) is 10.5. The van der Waals surface area contributed by atoms with E-state index in [4.69, 9.17) is 0 Å². The quantitative estimate of drug-likeness (QED) is 0.816. The number of anilines is 1. The van der Waals surface area contributed by atoms with Crippen molar-refractivity contribution in [3.05, 3.63) is 29.8 Å². The number of piperidine rings is 1. The summed E-state index contributed by atoms with van der Waals surface area (Å²) in [6, 6.07) is 6.98. The van der Waals surface area contributed by atoms with Crippen molar-refractivity contribution in [2.75, 3.05) is 25.0 Å². The smallest absolute Gasteiger partial charge is 0.238 e. The number of hydrogen-bond donors (Lipinski definition) is 2. The van der Waals surface area contributed by atoms with Crippen LogP contribution in [0.2, 0.25) is 0 Å². The Bertz CT molecular complexity index is 534. The summed E-state index contributed by atoms with van der Waals surface area (Å²) in [5.74, 6) is 0.249. The van der Waals surface area contributed by atoms with Crippen molar-refractivity contribution in [1.29, 1.82) is 0 Å². The number of carbonyl (C=O) groups is 2. The fourth-order valence-corrected chi connectivity index (χ4v) is 2.81. The monoisotopic (exact) mass is 304 g/mol. The second kappa shape index (κ2) is 7.51. The van der Waals surface area contributed by atoms with Crippen LogP contribution in [0, 0.1) is 5.92 Å². The van der Waals surface area contributed by atoms with Crippen LogP contribution in [0.5, 0.6) is 0 Å². The zero-order chi connectivity index (χ0) is 16.1. The predicted octanol–water partition coefficient (Wildman–Crippen LogP) is 1.92. The average Bonchev–Trinajstić information content (AvgIpc) is 2.47. The number of likely N-dealkylation sites (tertiary alicyclic amines) is 1. The summed E-state index contributed by atoms with van der Waals surface area (Å²) in [6.45, 7) is 5.34. The first-order valence-electron chi connectivity index (χ1n) is 7.77. The summed E-state index contributed by atoms with van der Waals surface area (Å²) in [5.41, 5.74) is 1.24. The molecule has 0 aliphatic carbocycles. The molecule has 1 saturated heterocycles. The Morgan fingerprint density at radius 1 is 1.36 bits per heavy atom. The molecule has 0 aromatic heterocycles. The molecule has 1 aliphatic rings. The molecular weight excluding hydrogens is 280 g/mol. The van der Waals surface area contributed by atoms with Gasteiger partial charge in [-0.1, -0.05) is 12.1 Å². The second-order valence-corrected chi connectivity index (χ2v) is 6.04. The molecule has 1 heterocycles. The van der Waals surface area contributed by atoms with E-state index in [1.54, 1.807) is 24.3 Å². The SMILES string of the molecule is CC(=O)c1cccc(NC(=O)CN2CCC(C(C)O)CC2)c1. The van der Waals surface area contributed by atoms with Gasteiger partial charge in [0, 0.05) is 11.3 Å². The summed E-state index contributed by atoms with van der Waals surface area (Å²) in [5, 5.41) is 12.4. The van der Waals surface area contributed by atoms with Crippen LogP contribution in [0.3, 0.4) is 0 Å². The Labute approximate surface area is 131 Å². The Morgan fingerprint density at radius 2 is 2.05 bits per heavy atom. The van der Waals surface area contributed by atoms with Gasteiger partial charge in [-0.2, -0.15) is 0 Å². The molecule has 1 amide bonds. The van der Waals surface area contributed by atoms with Gasteiger partial charge >= 0.3 is 0 Å². The van der Waals surface area contributed by atoms with Crippen molar-refractivity contribution in [3.63, 3.8) is 0 Å². The molecule has 2 rings (SSSR count).